The summed E-state index contributed by atoms with van der Waals surface area (Å²) in [5, 5.41) is 15.7. The van der Waals surface area contributed by atoms with E-state index in [0.29, 0.717) is 34.6 Å². The lowest BCUT2D eigenvalue weighted by Crippen LogP contribution is -2.27. The average Bonchev–Trinajstić information content (AvgIpc) is 2.84. The molecular weight excluding hydrogens is 341 g/mol. The summed E-state index contributed by atoms with van der Waals surface area (Å²) in [7, 11) is 0. The average molecular weight is 356 g/mol. The van der Waals surface area contributed by atoms with Crippen molar-refractivity contribution < 1.29 is 14.7 Å². The van der Waals surface area contributed by atoms with Crippen molar-refractivity contribution in [1.29, 1.82) is 0 Å². The zero-order chi connectivity index (χ0) is 16.7. The lowest BCUT2D eigenvalue weighted by Gasteiger charge is -2.13. The molecule has 6 nitrogen and oxygen atoms in total. The lowest BCUT2D eigenvalue weighted by molar-refractivity contribution is -0.122. The second-order valence-electron chi connectivity index (χ2n) is 5.46. The van der Waals surface area contributed by atoms with E-state index >= 15 is 0 Å². The fourth-order valence-electron chi connectivity index (χ4n) is 2.95. The number of aromatic nitrogens is 1. The number of fused-ring (bicyclic) bond motifs is 3. The predicted molar refractivity (Wildman–Crippen MR) is 89.2 cm³/mol. The molecule has 4 N–H and O–H groups in total. The first-order chi connectivity index (χ1) is 10.9. The number of hydrogen-bond acceptors (Lipinski definition) is 3. The number of benzene rings is 1. The van der Waals surface area contributed by atoms with Gasteiger partial charge in [0.2, 0.25) is 11.8 Å². The molecule has 0 radical (unpaired) electrons. The van der Waals surface area contributed by atoms with Gasteiger partial charge >= 0.3 is 0 Å². The van der Waals surface area contributed by atoms with Crippen LogP contribution in [0.3, 0.4) is 0 Å². The Morgan fingerprint density at radius 3 is 2.91 bits per heavy atom. The third kappa shape index (κ3) is 2.67. The smallest absolute Gasteiger partial charge is 0.250 e. The summed E-state index contributed by atoms with van der Waals surface area (Å²) in [6, 6.07) is 1.53. The number of aromatic amines is 1. The number of anilines is 1. The Labute approximate surface area is 142 Å². The van der Waals surface area contributed by atoms with Gasteiger partial charge in [0.25, 0.3) is 0 Å². The number of rotatable bonds is 2. The molecular formula is C15H15Cl2N3O3. The Kier molecular flexibility index (Phi) is 4.23. The van der Waals surface area contributed by atoms with Crippen molar-refractivity contribution in [2.24, 2.45) is 0 Å². The summed E-state index contributed by atoms with van der Waals surface area (Å²) in [4.78, 5) is 27.0. The number of aliphatic hydroxyl groups is 1. The highest BCUT2D eigenvalue weighted by Crippen LogP contribution is 2.42. The van der Waals surface area contributed by atoms with Crippen molar-refractivity contribution in [3.63, 3.8) is 0 Å². The molecule has 1 aromatic heterocycles. The summed E-state index contributed by atoms with van der Waals surface area (Å²) in [5.41, 5.74) is 2.68. The number of aliphatic hydroxyl groups excluding tert-OH is 1. The van der Waals surface area contributed by atoms with E-state index in [9.17, 15) is 9.59 Å². The van der Waals surface area contributed by atoms with E-state index in [2.05, 4.69) is 15.6 Å². The second kappa shape index (κ2) is 6.03. The van der Waals surface area contributed by atoms with E-state index in [0.717, 1.165) is 11.3 Å². The number of amides is 2. The molecule has 8 heteroatoms. The number of halogens is 2. The van der Waals surface area contributed by atoms with E-state index in [1.54, 1.807) is 6.92 Å². The van der Waals surface area contributed by atoms with Crippen LogP contribution in [0.4, 0.5) is 5.69 Å². The van der Waals surface area contributed by atoms with Crippen LogP contribution in [-0.4, -0.2) is 35.1 Å². The molecule has 23 heavy (non-hydrogen) atoms. The first-order valence-corrected chi connectivity index (χ1v) is 7.90. The summed E-state index contributed by atoms with van der Waals surface area (Å²) in [5.74, 6) is -1.05. The molecule has 0 aliphatic carbocycles. The van der Waals surface area contributed by atoms with Crippen molar-refractivity contribution >= 4 is 51.6 Å². The molecule has 0 bridgehead atoms. The molecule has 2 heterocycles. The van der Waals surface area contributed by atoms with Crippen LogP contribution in [0.25, 0.3) is 10.9 Å². The molecule has 0 fully saturated rings. The van der Waals surface area contributed by atoms with Gasteiger partial charge in [0.15, 0.2) is 0 Å². The highest BCUT2D eigenvalue weighted by Gasteiger charge is 2.28. The van der Waals surface area contributed by atoms with Crippen LogP contribution in [0.2, 0.25) is 10.0 Å². The standard InChI is InChI=1S/C15H15Cl2N3O3/c1-6-11-8(2-3-18-15(6)23)20-14-12(11)9(19-10(22)5-21)4-7(16)13(14)17/h4,6,20-21H,2-3,5H2,1H3,(H,18,23)(H,19,22). The monoisotopic (exact) mass is 355 g/mol. The maximum atomic E-state index is 12.1. The fraction of sp³-hybridized carbons (Fsp3) is 0.333. The molecule has 1 atom stereocenters. The SMILES string of the molecule is CC1C(=O)NCCc2[nH]c3c(Cl)c(Cl)cc(NC(=O)CO)c3c21. The van der Waals surface area contributed by atoms with Crippen LogP contribution >= 0.6 is 23.2 Å². The normalized spacial score (nSPS) is 17.6. The lowest BCUT2D eigenvalue weighted by atomic mass is 9.96. The van der Waals surface area contributed by atoms with Gasteiger partial charge in [0.05, 0.1) is 27.2 Å². The van der Waals surface area contributed by atoms with E-state index < -0.39 is 18.4 Å². The van der Waals surface area contributed by atoms with E-state index in [1.165, 1.54) is 6.07 Å². The number of hydrogen-bond donors (Lipinski definition) is 4. The molecule has 122 valence electrons. The molecule has 2 amide bonds. The van der Waals surface area contributed by atoms with E-state index in [4.69, 9.17) is 28.3 Å². The predicted octanol–water partition coefficient (Wildman–Crippen LogP) is 2.18. The second-order valence-corrected chi connectivity index (χ2v) is 6.24. The summed E-state index contributed by atoms with van der Waals surface area (Å²) < 4.78 is 0. The number of carbonyl (C=O) groups excluding carboxylic acids is 2. The zero-order valence-corrected chi connectivity index (χ0v) is 13.8. The molecule has 1 unspecified atom stereocenters. The Balaban J connectivity index is 2.31. The third-order valence-corrected chi connectivity index (χ3v) is 4.80. The van der Waals surface area contributed by atoms with Gasteiger partial charge in [-0.3, -0.25) is 9.59 Å². The summed E-state index contributed by atoms with van der Waals surface area (Å²) in [6.07, 6.45) is 0.626. The van der Waals surface area contributed by atoms with Gasteiger partial charge < -0.3 is 20.7 Å². The van der Waals surface area contributed by atoms with Gasteiger partial charge in [-0.25, -0.2) is 0 Å². The van der Waals surface area contributed by atoms with Gasteiger partial charge in [-0.2, -0.15) is 0 Å². The van der Waals surface area contributed by atoms with E-state index in [-0.39, 0.29) is 10.9 Å². The molecule has 1 aromatic carbocycles. The van der Waals surface area contributed by atoms with Crippen LogP contribution < -0.4 is 10.6 Å². The molecule has 1 aliphatic heterocycles. The van der Waals surface area contributed by atoms with Gasteiger partial charge in [-0.1, -0.05) is 23.2 Å². The first-order valence-electron chi connectivity index (χ1n) is 7.15. The minimum atomic E-state index is -0.648. The molecule has 3 rings (SSSR count). The Hall–Kier alpha value is -1.76. The van der Waals surface area contributed by atoms with Gasteiger partial charge in [0.1, 0.15) is 6.61 Å². The highest BCUT2D eigenvalue weighted by molar-refractivity contribution is 6.45. The maximum absolute atomic E-state index is 12.1. The quantitative estimate of drug-likeness (QED) is 0.664. The summed E-state index contributed by atoms with van der Waals surface area (Å²) in [6.45, 7) is 1.67. The fourth-order valence-corrected chi connectivity index (χ4v) is 3.35. The highest BCUT2D eigenvalue weighted by atomic mass is 35.5. The number of nitrogens with one attached hydrogen (secondary N) is 3. The van der Waals surface area contributed by atoms with Crippen LogP contribution in [0.15, 0.2) is 6.07 Å². The molecule has 0 saturated carbocycles. The zero-order valence-electron chi connectivity index (χ0n) is 12.3. The molecule has 2 aromatic rings. The Morgan fingerprint density at radius 1 is 1.48 bits per heavy atom. The molecule has 0 spiro atoms. The third-order valence-electron chi connectivity index (χ3n) is 4.01. The Morgan fingerprint density at radius 2 is 2.22 bits per heavy atom. The summed E-state index contributed by atoms with van der Waals surface area (Å²) >= 11 is 12.4. The van der Waals surface area contributed by atoms with Crippen LogP contribution in [0.1, 0.15) is 24.1 Å². The molecule has 1 aliphatic rings. The Bertz CT molecular complexity index is 816. The first kappa shape index (κ1) is 16.1. The van der Waals surface area contributed by atoms with Crippen LogP contribution in [0, 0.1) is 0 Å². The largest absolute Gasteiger partial charge is 0.387 e. The van der Waals surface area contributed by atoms with Crippen molar-refractivity contribution in [3.8, 4) is 0 Å². The van der Waals surface area contributed by atoms with Gasteiger partial charge in [-0.15, -0.1) is 0 Å². The number of H-pyrrole nitrogens is 1. The minimum absolute atomic E-state index is 0.0878. The minimum Gasteiger partial charge on any atom is -0.387 e. The van der Waals surface area contributed by atoms with Gasteiger partial charge in [0, 0.05) is 24.0 Å². The van der Waals surface area contributed by atoms with Crippen LogP contribution in [-0.2, 0) is 16.0 Å². The van der Waals surface area contributed by atoms with Crippen molar-refractivity contribution in [2.45, 2.75) is 19.3 Å². The van der Waals surface area contributed by atoms with Crippen molar-refractivity contribution in [1.82, 2.24) is 10.3 Å². The topological polar surface area (TPSA) is 94.2 Å². The van der Waals surface area contributed by atoms with Crippen molar-refractivity contribution in [2.75, 3.05) is 18.5 Å². The number of carbonyl (C=O) groups is 2. The maximum Gasteiger partial charge on any atom is 0.250 e. The van der Waals surface area contributed by atoms with Crippen LogP contribution in [0.5, 0.6) is 0 Å². The molecule has 0 saturated heterocycles. The van der Waals surface area contributed by atoms with E-state index in [1.807, 2.05) is 0 Å². The van der Waals surface area contributed by atoms with Gasteiger partial charge in [-0.05, 0) is 18.6 Å². The van der Waals surface area contributed by atoms with Crippen molar-refractivity contribution in [3.05, 3.63) is 27.4 Å².